The Morgan fingerprint density at radius 3 is 2.11 bits per heavy atom. The van der Waals surface area contributed by atoms with Crippen LogP contribution in [0.15, 0.2) is 137 Å². The second kappa shape index (κ2) is 15.3. The van der Waals surface area contributed by atoms with Gasteiger partial charge in [-0.1, -0.05) is 41.4 Å². The third-order valence-electron chi connectivity index (χ3n) is 12.5. The van der Waals surface area contributed by atoms with Gasteiger partial charge in [0.1, 0.15) is 5.82 Å². The lowest BCUT2D eigenvalue weighted by Crippen LogP contribution is -2.53. The molecule has 2 heterocycles. The fourth-order valence-corrected chi connectivity index (χ4v) is 9.89. The molecule has 12 nitrogen and oxygen atoms in total. The highest BCUT2D eigenvalue weighted by molar-refractivity contribution is 6.30. The smallest absolute Gasteiger partial charge is 0.260 e. The Bertz CT molecular complexity index is 2640. The molecule has 4 amide bonds. The van der Waals surface area contributed by atoms with Crippen LogP contribution in [0.3, 0.4) is 0 Å². The van der Waals surface area contributed by atoms with E-state index in [4.69, 9.17) is 16.3 Å². The van der Waals surface area contributed by atoms with Gasteiger partial charge >= 0.3 is 0 Å². The molecular formula is C47H40ClFN6O6. The van der Waals surface area contributed by atoms with Crippen LogP contribution < -0.4 is 20.0 Å². The van der Waals surface area contributed by atoms with Crippen molar-refractivity contribution in [2.24, 2.45) is 33.9 Å². The van der Waals surface area contributed by atoms with E-state index in [1.807, 2.05) is 49.3 Å². The first-order chi connectivity index (χ1) is 29.4. The minimum Gasteiger partial charge on any atom is -0.504 e. The van der Waals surface area contributed by atoms with Gasteiger partial charge in [0.15, 0.2) is 11.5 Å². The predicted molar refractivity (Wildman–Crippen MR) is 228 cm³/mol. The molecule has 0 aromatic heterocycles. The van der Waals surface area contributed by atoms with Crippen molar-refractivity contribution in [2.45, 2.75) is 24.2 Å². The predicted octanol–water partition coefficient (Wildman–Crippen LogP) is 8.86. The van der Waals surface area contributed by atoms with Crippen LogP contribution in [0.5, 0.6) is 11.5 Å². The molecule has 2 aliphatic carbocycles. The third kappa shape index (κ3) is 6.51. The van der Waals surface area contributed by atoms with Crippen LogP contribution in [0.4, 0.5) is 32.8 Å². The maximum atomic E-state index is 15.4. The largest absolute Gasteiger partial charge is 0.504 e. The number of benzene rings is 5. The summed E-state index contributed by atoms with van der Waals surface area (Å²) in [5.74, 6) is -6.44. The van der Waals surface area contributed by atoms with Crippen LogP contribution in [-0.2, 0) is 24.6 Å². The van der Waals surface area contributed by atoms with Crippen molar-refractivity contribution in [3.63, 3.8) is 0 Å². The number of aromatic hydroxyl groups is 1. The first-order valence-corrected chi connectivity index (χ1v) is 20.2. The van der Waals surface area contributed by atoms with Gasteiger partial charge in [-0.25, -0.2) is 4.39 Å². The molecular weight excluding hydrogens is 799 g/mol. The number of nitrogens with zero attached hydrogens (tertiary/aromatic N) is 5. The minimum atomic E-state index is -1.59. The monoisotopic (exact) mass is 838 g/mol. The quantitative estimate of drug-likeness (QED) is 0.0852. The summed E-state index contributed by atoms with van der Waals surface area (Å²) in [5, 5.41) is 20.8. The van der Waals surface area contributed by atoms with E-state index >= 15 is 4.79 Å². The Balaban J connectivity index is 1.11. The second-order valence-electron chi connectivity index (χ2n) is 15.9. The number of imide groups is 2. The van der Waals surface area contributed by atoms with Gasteiger partial charge in [-0.3, -0.25) is 29.5 Å². The van der Waals surface area contributed by atoms with E-state index in [0.717, 1.165) is 16.3 Å². The molecule has 3 fully saturated rings. The van der Waals surface area contributed by atoms with Crippen LogP contribution in [-0.4, -0.2) is 54.9 Å². The van der Waals surface area contributed by atoms with Gasteiger partial charge < -0.3 is 14.7 Å². The number of carbonyl (C=O) groups is 4. The van der Waals surface area contributed by atoms with Crippen molar-refractivity contribution < 1.29 is 33.4 Å². The van der Waals surface area contributed by atoms with Gasteiger partial charge in [0.25, 0.3) is 11.8 Å². The zero-order chi connectivity index (χ0) is 42.7. The summed E-state index contributed by atoms with van der Waals surface area (Å²) >= 11 is 6.40. The van der Waals surface area contributed by atoms with E-state index in [-0.39, 0.29) is 30.2 Å². The van der Waals surface area contributed by atoms with E-state index in [1.165, 1.54) is 42.3 Å². The standard InChI is InChI=1S/C47H40ClFN6O6/c1-53(2)33-17-13-30(14-18-33)50-51-31-15-19-34(20-16-31)54-43(57)36-22-21-35-37(41(36)45(54)59)25-38-44(58)55(52-32-11-9-29(49)10-12-32)46(60)47(38,27-5-7-28(48)8-6-27)42(35)26-4-23-39(56)40(24-26)61-3/h4-21,23-24,36-38,41-42,52,56H,22,25H2,1-3H3. The summed E-state index contributed by atoms with van der Waals surface area (Å²) in [5.41, 5.74) is 6.07. The lowest BCUT2D eigenvalue weighted by atomic mass is 9.49. The van der Waals surface area contributed by atoms with Gasteiger partial charge in [-0.15, -0.1) is 0 Å². The molecule has 0 spiro atoms. The van der Waals surface area contributed by atoms with E-state index in [2.05, 4.69) is 15.7 Å². The number of ether oxygens (including phenoxy) is 1. The molecule has 2 saturated heterocycles. The van der Waals surface area contributed by atoms with Crippen LogP contribution >= 0.6 is 11.6 Å². The van der Waals surface area contributed by atoms with Gasteiger partial charge in [-0.2, -0.15) is 15.2 Å². The Morgan fingerprint density at radius 2 is 1.48 bits per heavy atom. The van der Waals surface area contributed by atoms with Gasteiger partial charge in [0, 0.05) is 30.7 Å². The van der Waals surface area contributed by atoms with Crippen molar-refractivity contribution in [1.82, 2.24) is 5.01 Å². The summed E-state index contributed by atoms with van der Waals surface area (Å²) in [6.45, 7) is 0. The highest BCUT2D eigenvalue weighted by Gasteiger charge is 2.70. The van der Waals surface area contributed by atoms with Gasteiger partial charge in [0.2, 0.25) is 11.8 Å². The molecule has 2 aliphatic heterocycles. The SMILES string of the molecule is COc1cc(C2C3=CCC4C(=O)N(c5ccc(N=Nc6ccc(N(C)C)cc6)cc5)C(=O)C4C3CC3C(=O)N(Nc4ccc(F)cc4)C(=O)C32c2ccc(Cl)cc2)ccc1O. The molecule has 1 saturated carbocycles. The first kappa shape index (κ1) is 39.6. The number of hydrogen-bond donors (Lipinski definition) is 2. The highest BCUT2D eigenvalue weighted by atomic mass is 35.5. The number of nitrogens with one attached hydrogen (secondary N) is 1. The number of hydrogen-bond acceptors (Lipinski definition) is 10. The molecule has 4 aliphatic rings. The van der Waals surface area contributed by atoms with Gasteiger partial charge in [0.05, 0.1) is 53.0 Å². The lowest BCUT2D eigenvalue weighted by molar-refractivity contribution is -0.138. The van der Waals surface area contributed by atoms with Crippen molar-refractivity contribution in [1.29, 1.82) is 0 Å². The number of amides is 4. The molecule has 6 atom stereocenters. The van der Waals surface area contributed by atoms with Crippen molar-refractivity contribution in [3.05, 3.63) is 149 Å². The van der Waals surface area contributed by atoms with Crippen LogP contribution in [0.2, 0.25) is 5.02 Å². The van der Waals surface area contributed by atoms with E-state index < -0.39 is 58.5 Å². The van der Waals surface area contributed by atoms with E-state index in [9.17, 15) is 23.9 Å². The lowest BCUT2D eigenvalue weighted by Gasteiger charge is -2.50. The van der Waals surface area contributed by atoms with Crippen molar-refractivity contribution in [3.8, 4) is 11.5 Å². The normalized spacial score (nSPS) is 24.4. The number of fused-ring (bicyclic) bond motifs is 4. The average Bonchev–Trinajstić information content (AvgIpc) is 3.64. The second-order valence-corrected chi connectivity index (χ2v) is 16.4. The number of hydrazine groups is 1. The Labute approximate surface area is 355 Å². The molecule has 9 rings (SSSR count). The number of allylic oxidation sites excluding steroid dienone is 2. The summed E-state index contributed by atoms with van der Waals surface area (Å²) in [6.07, 6.45) is 2.22. The van der Waals surface area contributed by atoms with Crippen molar-refractivity contribution >= 4 is 63.7 Å². The van der Waals surface area contributed by atoms with Gasteiger partial charge in [-0.05, 0) is 127 Å². The maximum Gasteiger partial charge on any atom is 0.260 e. The van der Waals surface area contributed by atoms with Crippen LogP contribution in [0.1, 0.15) is 29.9 Å². The molecule has 2 N–H and O–H groups in total. The molecule has 0 bridgehead atoms. The topological polar surface area (TPSA) is 144 Å². The fraction of sp³-hybridized carbons (Fsp3) is 0.234. The summed E-state index contributed by atoms with van der Waals surface area (Å²) in [6, 6.07) is 31.2. The molecule has 61 heavy (non-hydrogen) atoms. The number of anilines is 3. The maximum absolute atomic E-state index is 15.4. The molecule has 14 heteroatoms. The number of phenols is 1. The van der Waals surface area contributed by atoms with E-state index in [0.29, 0.717) is 38.9 Å². The number of phenolic OH excluding ortho intramolecular Hbond substituents is 1. The minimum absolute atomic E-state index is 0.0647. The molecule has 6 unspecified atom stereocenters. The zero-order valence-corrected chi connectivity index (χ0v) is 34.1. The Hall–Kier alpha value is -6.86. The number of halogens is 2. The number of rotatable bonds is 9. The third-order valence-corrected chi connectivity index (χ3v) is 12.8. The zero-order valence-electron chi connectivity index (χ0n) is 33.3. The van der Waals surface area contributed by atoms with Crippen molar-refractivity contribution in [2.75, 3.05) is 36.4 Å². The fourth-order valence-electron chi connectivity index (χ4n) is 9.76. The molecule has 0 radical (unpaired) electrons. The van der Waals surface area contributed by atoms with Crippen LogP contribution in [0, 0.1) is 29.5 Å². The first-order valence-electron chi connectivity index (χ1n) is 19.8. The molecule has 308 valence electrons. The molecule has 5 aromatic rings. The molecule has 5 aromatic carbocycles. The summed E-state index contributed by atoms with van der Waals surface area (Å²) in [7, 11) is 5.32. The number of carbonyl (C=O) groups excluding carboxylic acids is 4. The Morgan fingerprint density at radius 1 is 0.820 bits per heavy atom. The number of methoxy groups -OCH3 is 1. The van der Waals surface area contributed by atoms with Crippen LogP contribution in [0.25, 0.3) is 0 Å². The van der Waals surface area contributed by atoms with E-state index in [1.54, 1.807) is 60.7 Å². The number of azo groups is 1. The average molecular weight is 839 g/mol. The Kier molecular flexibility index (Phi) is 9.94. The summed E-state index contributed by atoms with van der Waals surface area (Å²) in [4.78, 5) is 62.6. The summed E-state index contributed by atoms with van der Waals surface area (Å²) < 4.78 is 19.5. The highest BCUT2D eigenvalue weighted by Crippen LogP contribution is 2.64.